The van der Waals surface area contributed by atoms with Gasteiger partial charge in [-0.25, -0.2) is 4.98 Å². The van der Waals surface area contributed by atoms with Crippen molar-refractivity contribution >= 4 is 16.7 Å². The minimum atomic E-state index is -0.0184. The van der Waals surface area contributed by atoms with E-state index in [1.54, 1.807) is 0 Å². The quantitative estimate of drug-likeness (QED) is 0.714. The van der Waals surface area contributed by atoms with Crippen molar-refractivity contribution < 1.29 is 9.53 Å². The Kier molecular flexibility index (Phi) is 4.75. The molecule has 1 aliphatic heterocycles. The zero-order valence-corrected chi connectivity index (χ0v) is 15.7. The molecule has 1 saturated heterocycles. The van der Waals surface area contributed by atoms with Gasteiger partial charge < -0.3 is 9.64 Å². The number of likely N-dealkylation sites (tertiary alicyclic amines) is 1. The highest BCUT2D eigenvalue weighted by Gasteiger charge is 2.28. The summed E-state index contributed by atoms with van der Waals surface area (Å²) in [5, 5.41) is 2.31. The molecule has 1 unspecified atom stereocenters. The van der Waals surface area contributed by atoms with Crippen LogP contribution >= 0.6 is 0 Å². The van der Waals surface area contributed by atoms with Gasteiger partial charge in [0, 0.05) is 24.7 Å². The Morgan fingerprint density at radius 2 is 1.96 bits per heavy atom. The molecule has 0 spiro atoms. The molecule has 1 aromatic heterocycles. The van der Waals surface area contributed by atoms with E-state index in [2.05, 4.69) is 28.2 Å². The zero-order valence-electron chi connectivity index (χ0n) is 15.7. The smallest absolute Gasteiger partial charge is 0.227 e. The normalized spacial score (nSPS) is 16.7. The summed E-state index contributed by atoms with van der Waals surface area (Å²) >= 11 is 0. The fourth-order valence-electron chi connectivity index (χ4n) is 3.69. The lowest BCUT2D eigenvalue weighted by Crippen LogP contribution is -2.32. The van der Waals surface area contributed by atoms with Gasteiger partial charge in [-0.15, -0.1) is 0 Å². The van der Waals surface area contributed by atoms with Crippen molar-refractivity contribution in [1.29, 1.82) is 0 Å². The number of hydrogen-bond acceptors (Lipinski definition) is 4. The summed E-state index contributed by atoms with van der Waals surface area (Å²) in [7, 11) is 0. The van der Waals surface area contributed by atoms with Gasteiger partial charge in [-0.3, -0.25) is 4.79 Å². The summed E-state index contributed by atoms with van der Waals surface area (Å²) in [4.78, 5) is 23.3. The predicted octanol–water partition coefficient (Wildman–Crippen LogP) is 3.47. The van der Waals surface area contributed by atoms with Gasteiger partial charge in [0.15, 0.2) is 0 Å². The fraction of sp³-hybridized carbons (Fsp3) is 0.318. The summed E-state index contributed by atoms with van der Waals surface area (Å²) < 4.78 is 5.99. The summed E-state index contributed by atoms with van der Waals surface area (Å²) in [5.74, 6) is 1.44. The van der Waals surface area contributed by atoms with Gasteiger partial charge in [0.25, 0.3) is 0 Å². The topological polar surface area (TPSA) is 55.3 Å². The molecule has 2 heterocycles. The highest BCUT2D eigenvalue weighted by Crippen LogP contribution is 2.22. The molecule has 0 radical (unpaired) electrons. The van der Waals surface area contributed by atoms with E-state index in [0.717, 1.165) is 29.6 Å². The number of hydrogen-bond donors (Lipinski definition) is 0. The number of fused-ring (bicyclic) bond motifs is 1. The highest BCUT2D eigenvalue weighted by molar-refractivity contribution is 5.90. The van der Waals surface area contributed by atoms with Crippen molar-refractivity contribution in [3.63, 3.8) is 0 Å². The molecular weight excluding hydrogens is 338 g/mol. The van der Waals surface area contributed by atoms with E-state index in [0.29, 0.717) is 24.7 Å². The molecule has 27 heavy (non-hydrogen) atoms. The number of benzene rings is 2. The third-order valence-electron chi connectivity index (χ3n) is 4.95. The Morgan fingerprint density at radius 1 is 1.15 bits per heavy atom. The third kappa shape index (κ3) is 3.92. The number of carbonyl (C=O) groups excluding carboxylic acids is 1. The maximum absolute atomic E-state index is 12.8. The van der Waals surface area contributed by atoms with E-state index >= 15 is 0 Å². The van der Waals surface area contributed by atoms with Crippen LogP contribution in [0.3, 0.4) is 0 Å². The van der Waals surface area contributed by atoms with Crippen molar-refractivity contribution in [3.05, 3.63) is 65.6 Å². The van der Waals surface area contributed by atoms with Gasteiger partial charge in [-0.05, 0) is 30.2 Å². The van der Waals surface area contributed by atoms with Gasteiger partial charge in [-0.1, -0.05) is 42.5 Å². The Hall–Kier alpha value is -2.95. The average Bonchev–Trinajstić information content (AvgIpc) is 3.10. The molecule has 1 amide bonds. The molecule has 0 bridgehead atoms. The molecule has 1 fully saturated rings. The zero-order chi connectivity index (χ0) is 18.8. The number of aromatic nitrogens is 2. The van der Waals surface area contributed by atoms with Crippen LogP contribution in [0.25, 0.3) is 10.8 Å². The summed E-state index contributed by atoms with van der Waals surface area (Å²) in [5.41, 5.74) is 1.96. The molecular formula is C22H23N3O2. The van der Waals surface area contributed by atoms with Gasteiger partial charge in [0.05, 0.1) is 13.0 Å². The number of amides is 1. The molecule has 5 heteroatoms. The molecule has 5 nitrogen and oxygen atoms in total. The lowest BCUT2D eigenvalue weighted by atomic mass is 10.0. The van der Waals surface area contributed by atoms with Gasteiger partial charge in [-0.2, -0.15) is 4.98 Å². The molecule has 2 aromatic carbocycles. The van der Waals surface area contributed by atoms with Crippen molar-refractivity contribution in [1.82, 2.24) is 14.9 Å². The first-order valence-corrected chi connectivity index (χ1v) is 9.32. The first-order chi connectivity index (χ1) is 13.1. The molecule has 138 valence electrons. The van der Waals surface area contributed by atoms with Crippen molar-refractivity contribution in [2.45, 2.75) is 32.8 Å². The van der Waals surface area contributed by atoms with Crippen LogP contribution in [0, 0.1) is 13.8 Å². The Morgan fingerprint density at radius 3 is 2.81 bits per heavy atom. The molecule has 0 aliphatic carbocycles. The standard InChI is InChI=1S/C22H23N3O2/c1-15-12-21(24-16(2)23-15)27-19-10-11-25(14-19)22(26)13-18-8-5-7-17-6-3-4-9-20(17)18/h3-9,12,19H,10-11,13-14H2,1-2H3. The fourth-order valence-corrected chi connectivity index (χ4v) is 3.69. The van der Waals surface area contributed by atoms with Crippen molar-refractivity contribution in [3.8, 4) is 5.88 Å². The number of ether oxygens (including phenoxy) is 1. The second-order valence-corrected chi connectivity index (χ2v) is 7.08. The van der Waals surface area contributed by atoms with Crippen LogP contribution in [-0.2, 0) is 11.2 Å². The molecule has 0 saturated carbocycles. The largest absolute Gasteiger partial charge is 0.472 e. The molecule has 0 N–H and O–H groups in total. The van der Waals surface area contributed by atoms with Crippen LogP contribution in [0.2, 0.25) is 0 Å². The second-order valence-electron chi connectivity index (χ2n) is 7.08. The predicted molar refractivity (Wildman–Crippen MR) is 105 cm³/mol. The van der Waals surface area contributed by atoms with E-state index < -0.39 is 0 Å². The minimum Gasteiger partial charge on any atom is -0.472 e. The lowest BCUT2D eigenvalue weighted by molar-refractivity contribution is -0.129. The summed E-state index contributed by atoms with van der Waals surface area (Å²) in [6.07, 6.45) is 1.22. The van der Waals surface area contributed by atoms with Crippen LogP contribution in [0.5, 0.6) is 5.88 Å². The third-order valence-corrected chi connectivity index (χ3v) is 4.95. The maximum atomic E-state index is 12.8. The van der Waals surface area contributed by atoms with E-state index in [1.807, 2.05) is 49.1 Å². The van der Waals surface area contributed by atoms with Gasteiger partial charge >= 0.3 is 0 Å². The van der Waals surface area contributed by atoms with E-state index in [1.165, 1.54) is 5.39 Å². The van der Waals surface area contributed by atoms with Crippen LogP contribution in [0.4, 0.5) is 0 Å². The van der Waals surface area contributed by atoms with Gasteiger partial charge in [0.2, 0.25) is 11.8 Å². The lowest BCUT2D eigenvalue weighted by Gasteiger charge is -2.18. The Balaban J connectivity index is 1.42. The van der Waals surface area contributed by atoms with Crippen LogP contribution < -0.4 is 4.74 Å². The first-order valence-electron chi connectivity index (χ1n) is 9.32. The second kappa shape index (κ2) is 7.35. The Bertz CT molecular complexity index is 961. The van der Waals surface area contributed by atoms with Crippen LogP contribution in [-0.4, -0.2) is 40.0 Å². The molecule has 4 rings (SSSR count). The van der Waals surface area contributed by atoms with Crippen molar-refractivity contribution in [2.75, 3.05) is 13.1 Å². The monoisotopic (exact) mass is 361 g/mol. The van der Waals surface area contributed by atoms with Gasteiger partial charge in [0.1, 0.15) is 11.9 Å². The number of carbonyl (C=O) groups is 1. The van der Waals surface area contributed by atoms with E-state index in [-0.39, 0.29) is 12.0 Å². The minimum absolute atomic E-state index is 0.0184. The molecule has 1 atom stereocenters. The highest BCUT2D eigenvalue weighted by atomic mass is 16.5. The number of aryl methyl sites for hydroxylation is 2. The first kappa shape index (κ1) is 17.5. The Labute approximate surface area is 159 Å². The molecule has 1 aliphatic rings. The van der Waals surface area contributed by atoms with E-state index in [9.17, 15) is 4.79 Å². The summed E-state index contributed by atoms with van der Waals surface area (Å²) in [6, 6.07) is 16.2. The number of nitrogens with zero attached hydrogens (tertiary/aromatic N) is 3. The van der Waals surface area contributed by atoms with Crippen molar-refractivity contribution in [2.24, 2.45) is 0 Å². The SMILES string of the molecule is Cc1cc(OC2CCN(C(=O)Cc3cccc4ccccc34)C2)nc(C)n1. The summed E-state index contributed by atoms with van der Waals surface area (Å²) in [6.45, 7) is 5.10. The van der Waals surface area contributed by atoms with Crippen LogP contribution in [0.15, 0.2) is 48.5 Å². The van der Waals surface area contributed by atoms with E-state index in [4.69, 9.17) is 4.74 Å². The molecule has 3 aromatic rings. The number of rotatable bonds is 4. The van der Waals surface area contributed by atoms with Crippen LogP contribution in [0.1, 0.15) is 23.5 Å². The maximum Gasteiger partial charge on any atom is 0.227 e. The average molecular weight is 361 g/mol.